The third-order valence-electron chi connectivity index (χ3n) is 4.26. The van der Waals surface area contributed by atoms with Crippen LogP contribution in [0.25, 0.3) is 0 Å². The van der Waals surface area contributed by atoms with E-state index >= 15 is 0 Å². The van der Waals surface area contributed by atoms with Crippen LogP contribution < -0.4 is 5.32 Å². The van der Waals surface area contributed by atoms with E-state index in [-0.39, 0.29) is 26.1 Å². The average Bonchev–Trinajstić information content (AvgIpc) is 2.65. The van der Waals surface area contributed by atoms with Crippen molar-refractivity contribution in [1.82, 2.24) is 5.32 Å². The molecule has 1 aliphatic carbocycles. The summed E-state index contributed by atoms with van der Waals surface area (Å²) in [6.45, 7) is -0.121. The Morgan fingerprint density at radius 1 is 1.33 bits per heavy atom. The largest absolute Gasteiger partial charge is 0.443 e. The number of imide groups is 1. The van der Waals surface area contributed by atoms with Crippen LogP contribution in [0.2, 0.25) is 0 Å². The summed E-state index contributed by atoms with van der Waals surface area (Å²) in [5.41, 5.74) is -1.09. The molecule has 1 aromatic carbocycles. The molecule has 1 saturated carbocycles. The molecule has 1 fully saturated rings. The second kappa shape index (κ2) is 9.80. The molecule has 2 rings (SSSR count). The molecule has 2 N–H and O–H groups in total. The minimum absolute atomic E-state index is 0.0214. The van der Waals surface area contributed by atoms with Gasteiger partial charge in [0.1, 0.15) is 18.1 Å². The molecule has 8 nitrogen and oxygen atoms in total. The fraction of sp³-hybridized carbons (Fsp3) is 0.500. The van der Waals surface area contributed by atoms with E-state index < -0.39 is 41.5 Å². The predicted octanol–water partition coefficient (Wildman–Crippen LogP) is 1.17. The molecule has 0 spiro atoms. The number of ketones is 1. The highest BCUT2D eigenvalue weighted by Crippen LogP contribution is 2.31. The van der Waals surface area contributed by atoms with Crippen LogP contribution in [0.3, 0.4) is 0 Å². The van der Waals surface area contributed by atoms with Gasteiger partial charge in [-0.15, -0.1) is 11.6 Å². The molecule has 0 radical (unpaired) electrons. The van der Waals surface area contributed by atoms with E-state index in [1.54, 1.807) is 0 Å². The van der Waals surface area contributed by atoms with Gasteiger partial charge in [-0.2, -0.15) is 0 Å². The second-order valence-corrected chi connectivity index (χ2v) is 6.41. The number of methoxy groups -OCH3 is 1. The highest BCUT2D eigenvalue weighted by molar-refractivity contribution is 6.28. The molecule has 1 aromatic rings. The molecule has 148 valence electrons. The molecule has 27 heavy (non-hydrogen) atoms. The van der Waals surface area contributed by atoms with E-state index in [4.69, 9.17) is 25.8 Å². The summed E-state index contributed by atoms with van der Waals surface area (Å²) in [7, 11) is 1.30. The number of ether oxygens (including phenoxy) is 3. The summed E-state index contributed by atoms with van der Waals surface area (Å²) in [4.78, 5) is 35.3. The van der Waals surface area contributed by atoms with Crippen molar-refractivity contribution >= 4 is 29.4 Å². The van der Waals surface area contributed by atoms with Crippen molar-refractivity contribution in [2.45, 2.75) is 37.3 Å². The maximum atomic E-state index is 12.3. The van der Waals surface area contributed by atoms with E-state index in [0.29, 0.717) is 0 Å². The van der Waals surface area contributed by atoms with Gasteiger partial charge in [-0.3, -0.25) is 14.9 Å². The van der Waals surface area contributed by atoms with Gasteiger partial charge in [0.25, 0.3) is 0 Å². The van der Waals surface area contributed by atoms with E-state index in [1.807, 2.05) is 35.6 Å². The summed E-state index contributed by atoms with van der Waals surface area (Å²) in [6, 6.07) is 9.27. The predicted molar refractivity (Wildman–Crippen MR) is 95.2 cm³/mol. The summed E-state index contributed by atoms with van der Waals surface area (Å²) in [5, 5.41) is 12.8. The Morgan fingerprint density at radius 3 is 2.67 bits per heavy atom. The Bertz CT molecular complexity index is 669. The standard InChI is InChI=1S/C18H22ClNO7/c1-25-16-13(27-17(23)20-15(22)9-19)7-8-14(21)18(16,24)11-26-10-12-5-3-2-4-6-12/h2-6,13,16,24H,7-11H2,1H3,(H,20,22,23)/t13-,16-,18+/m1/s1. The first-order valence-corrected chi connectivity index (χ1v) is 8.90. The number of carbonyl (C=O) groups is 3. The highest BCUT2D eigenvalue weighted by Gasteiger charge is 2.52. The first kappa shape index (κ1) is 21.3. The summed E-state index contributed by atoms with van der Waals surface area (Å²) >= 11 is 5.32. The van der Waals surface area contributed by atoms with Crippen molar-refractivity contribution in [2.24, 2.45) is 0 Å². The highest BCUT2D eigenvalue weighted by atomic mass is 35.5. The topological polar surface area (TPSA) is 111 Å². The third kappa shape index (κ3) is 5.49. The zero-order valence-electron chi connectivity index (χ0n) is 14.9. The van der Waals surface area contributed by atoms with Crippen molar-refractivity contribution in [3.63, 3.8) is 0 Å². The fourth-order valence-electron chi connectivity index (χ4n) is 2.95. The minimum Gasteiger partial charge on any atom is -0.443 e. The van der Waals surface area contributed by atoms with Crippen LogP contribution in [-0.4, -0.2) is 60.3 Å². The van der Waals surface area contributed by atoms with Crippen molar-refractivity contribution in [1.29, 1.82) is 0 Å². The molecule has 0 saturated heterocycles. The van der Waals surface area contributed by atoms with Crippen LogP contribution in [0.1, 0.15) is 18.4 Å². The van der Waals surface area contributed by atoms with Crippen molar-refractivity contribution in [3.8, 4) is 0 Å². The lowest BCUT2D eigenvalue weighted by atomic mass is 9.79. The molecular formula is C18H22ClNO7. The molecule has 0 unspecified atom stereocenters. The number of alkyl carbamates (subject to hydrolysis) is 1. The molecule has 0 aromatic heterocycles. The molecule has 0 bridgehead atoms. The van der Waals surface area contributed by atoms with Crippen molar-refractivity contribution in [3.05, 3.63) is 35.9 Å². The average molecular weight is 400 g/mol. The van der Waals surface area contributed by atoms with Gasteiger partial charge in [0, 0.05) is 13.5 Å². The number of rotatable bonds is 7. The first-order valence-electron chi connectivity index (χ1n) is 8.37. The number of amides is 2. The number of alkyl halides is 1. The summed E-state index contributed by atoms with van der Waals surface area (Å²) in [6.07, 6.45) is -2.95. The molecule has 0 heterocycles. The Labute approximate surface area is 161 Å². The second-order valence-electron chi connectivity index (χ2n) is 6.15. The van der Waals surface area contributed by atoms with E-state index in [1.165, 1.54) is 7.11 Å². The van der Waals surface area contributed by atoms with Gasteiger partial charge in [-0.05, 0) is 12.0 Å². The Morgan fingerprint density at radius 2 is 2.04 bits per heavy atom. The van der Waals surface area contributed by atoms with Crippen LogP contribution in [0, 0.1) is 0 Å². The normalized spacial score (nSPS) is 25.1. The number of halogens is 1. The first-order chi connectivity index (χ1) is 12.9. The van der Waals surface area contributed by atoms with Gasteiger partial charge in [0.2, 0.25) is 5.91 Å². The minimum atomic E-state index is -1.97. The molecule has 3 atom stereocenters. The third-order valence-corrected chi connectivity index (χ3v) is 4.50. The van der Waals surface area contributed by atoms with E-state index in [9.17, 15) is 19.5 Å². The van der Waals surface area contributed by atoms with Crippen LogP contribution in [0.5, 0.6) is 0 Å². The maximum Gasteiger partial charge on any atom is 0.414 e. The van der Waals surface area contributed by atoms with Crippen LogP contribution in [0.15, 0.2) is 30.3 Å². The number of hydrogen-bond acceptors (Lipinski definition) is 7. The number of carbonyl (C=O) groups excluding carboxylic acids is 3. The van der Waals surface area contributed by atoms with Gasteiger partial charge in [-0.25, -0.2) is 4.79 Å². The summed E-state index contributed by atoms with van der Waals surface area (Å²) in [5.74, 6) is -1.58. The van der Waals surface area contributed by atoms with E-state index in [2.05, 4.69) is 0 Å². The number of aliphatic hydroxyl groups is 1. The number of benzene rings is 1. The lowest BCUT2D eigenvalue weighted by Crippen LogP contribution is -2.62. The Balaban J connectivity index is 2.02. The lowest BCUT2D eigenvalue weighted by molar-refractivity contribution is -0.193. The van der Waals surface area contributed by atoms with Gasteiger partial charge in [0.05, 0.1) is 13.2 Å². The van der Waals surface area contributed by atoms with Crippen LogP contribution >= 0.6 is 11.6 Å². The smallest absolute Gasteiger partial charge is 0.414 e. The van der Waals surface area contributed by atoms with Crippen LogP contribution in [-0.2, 0) is 30.4 Å². The number of hydrogen-bond donors (Lipinski definition) is 2. The van der Waals surface area contributed by atoms with Gasteiger partial charge in [-0.1, -0.05) is 30.3 Å². The fourth-order valence-corrected chi connectivity index (χ4v) is 3.02. The maximum absolute atomic E-state index is 12.3. The molecular weight excluding hydrogens is 378 g/mol. The SMILES string of the molecule is CO[C@@H]1[C@H](OC(=O)NC(=O)CCl)CCC(=O)[C@@]1(O)COCc1ccccc1. The monoisotopic (exact) mass is 399 g/mol. The van der Waals surface area contributed by atoms with Crippen LogP contribution in [0.4, 0.5) is 4.79 Å². The molecule has 9 heteroatoms. The summed E-state index contributed by atoms with van der Waals surface area (Å²) < 4.78 is 15.9. The molecule has 0 aliphatic heterocycles. The molecule has 1 aliphatic rings. The van der Waals surface area contributed by atoms with Crippen molar-refractivity contribution < 1.29 is 33.7 Å². The number of nitrogens with one attached hydrogen (secondary N) is 1. The van der Waals surface area contributed by atoms with Gasteiger partial charge >= 0.3 is 6.09 Å². The molecule has 2 amide bonds. The van der Waals surface area contributed by atoms with Crippen molar-refractivity contribution in [2.75, 3.05) is 19.6 Å². The zero-order valence-corrected chi connectivity index (χ0v) is 15.6. The zero-order chi connectivity index (χ0) is 19.9. The van der Waals surface area contributed by atoms with E-state index in [0.717, 1.165) is 5.56 Å². The van der Waals surface area contributed by atoms with Gasteiger partial charge in [0.15, 0.2) is 11.4 Å². The quantitative estimate of drug-likeness (QED) is 0.662. The number of Topliss-reactive ketones (excluding diaryl/α,β-unsaturated/α-hetero) is 1. The Kier molecular flexibility index (Phi) is 7.73. The van der Waals surface area contributed by atoms with Gasteiger partial charge < -0.3 is 19.3 Å². The Hall–Kier alpha value is -2.00. The lowest BCUT2D eigenvalue weighted by Gasteiger charge is -2.41.